The summed E-state index contributed by atoms with van der Waals surface area (Å²) in [5.74, 6) is 0.931. The summed E-state index contributed by atoms with van der Waals surface area (Å²) in [4.78, 5) is 14.1. The van der Waals surface area contributed by atoms with E-state index in [0.717, 1.165) is 42.7 Å². The molecule has 2 heterocycles. The maximum absolute atomic E-state index is 14.3. The van der Waals surface area contributed by atoms with Crippen LogP contribution in [0.5, 0.6) is 0 Å². The van der Waals surface area contributed by atoms with Gasteiger partial charge in [0.05, 0.1) is 18.0 Å². The smallest absolute Gasteiger partial charge is 0.210 e. The van der Waals surface area contributed by atoms with Crippen LogP contribution in [0.4, 0.5) is 16.0 Å². The quantitative estimate of drug-likeness (QED) is 0.461. The Morgan fingerprint density at radius 2 is 1.78 bits per heavy atom. The summed E-state index contributed by atoms with van der Waals surface area (Å²) in [5, 5.41) is 13.2. The molecule has 0 bridgehead atoms. The number of hydrogen-bond donors (Lipinski definition) is 2. The van der Waals surface area contributed by atoms with Gasteiger partial charge in [-0.2, -0.15) is 0 Å². The zero-order chi connectivity index (χ0) is 22.1. The number of fused-ring (bicyclic) bond motifs is 1. The highest BCUT2D eigenvalue weighted by molar-refractivity contribution is 5.75. The second-order valence-corrected chi connectivity index (χ2v) is 8.53. The lowest BCUT2D eigenvalue weighted by atomic mass is 9.93. The van der Waals surface area contributed by atoms with Crippen LogP contribution in [0.25, 0.3) is 11.2 Å². The van der Waals surface area contributed by atoms with Crippen molar-refractivity contribution in [3.63, 3.8) is 0 Å². The first-order valence-corrected chi connectivity index (χ1v) is 11.1. The molecular formula is C25H26FN5O. The molecule has 1 fully saturated rings. The average molecular weight is 432 g/mol. The van der Waals surface area contributed by atoms with Gasteiger partial charge in [0.15, 0.2) is 5.65 Å². The van der Waals surface area contributed by atoms with E-state index in [1.54, 1.807) is 24.4 Å². The number of nitrogens with zero attached hydrogens (tertiary/aromatic N) is 4. The largest absolute Gasteiger partial charge is 0.393 e. The van der Waals surface area contributed by atoms with Crippen LogP contribution in [-0.4, -0.2) is 30.7 Å². The fourth-order valence-electron chi connectivity index (χ4n) is 4.33. The number of aromatic nitrogens is 4. The van der Waals surface area contributed by atoms with Crippen LogP contribution >= 0.6 is 0 Å². The summed E-state index contributed by atoms with van der Waals surface area (Å²) < 4.78 is 16.4. The lowest BCUT2D eigenvalue weighted by Gasteiger charge is -2.28. The van der Waals surface area contributed by atoms with Gasteiger partial charge in [-0.1, -0.05) is 42.0 Å². The second kappa shape index (κ2) is 8.67. The highest BCUT2D eigenvalue weighted by Crippen LogP contribution is 2.35. The minimum Gasteiger partial charge on any atom is -0.393 e. The van der Waals surface area contributed by atoms with Crippen molar-refractivity contribution < 1.29 is 9.50 Å². The maximum Gasteiger partial charge on any atom is 0.210 e. The molecule has 1 aliphatic rings. The molecule has 4 aromatic rings. The molecule has 164 valence electrons. The van der Waals surface area contributed by atoms with Gasteiger partial charge in [0.2, 0.25) is 5.95 Å². The molecule has 2 N–H and O–H groups in total. The summed E-state index contributed by atoms with van der Waals surface area (Å²) in [5.41, 5.74) is 4.13. The fourth-order valence-corrected chi connectivity index (χ4v) is 4.33. The summed E-state index contributed by atoms with van der Waals surface area (Å²) in [7, 11) is 0. The van der Waals surface area contributed by atoms with Crippen molar-refractivity contribution in [2.75, 3.05) is 5.32 Å². The zero-order valence-corrected chi connectivity index (χ0v) is 18.0. The number of nitrogens with one attached hydrogen (secondary N) is 1. The van der Waals surface area contributed by atoms with Gasteiger partial charge in [-0.05, 0) is 50.3 Å². The number of imidazole rings is 1. The molecule has 7 heteroatoms. The van der Waals surface area contributed by atoms with Crippen molar-refractivity contribution in [3.8, 4) is 0 Å². The van der Waals surface area contributed by atoms with E-state index in [9.17, 15) is 9.50 Å². The number of aliphatic hydroxyl groups is 1. The highest BCUT2D eigenvalue weighted by atomic mass is 19.1. The first-order valence-electron chi connectivity index (χ1n) is 11.1. The Kier molecular flexibility index (Phi) is 5.57. The number of aryl methyl sites for hydroxylation is 1. The van der Waals surface area contributed by atoms with Crippen LogP contribution < -0.4 is 5.32 Å². The number of halogens is 1. The molecule has 0 spiro atoms. The number of rotatable bonds is 5. The van der Waals surface area contributed by atoms with E-state index in [4.69, 9.17) is 9.97 Å². The number of para-hydroxylation sites is 1. The normalized spacial score (nSPS) is 18.7. The molecule has 0 aliphatic heterocycles. The van der Waals surface area contributed by atoms with Crippen molar-refractivity contribution in [1.82, 2.24) is 19.5 Å². The summed E-state index contributed by atoms with van der Waals surface area (Å²) in [6.45, 7) is 2.07. The van der Waals surface area contributed by atoms with Gasteiger partial charge in [0, 0.05) is 12.5 Å². The predicted octanol–water partition coefficient (Wildman–Crippen LogP) is 5.08. The van der Waals surface area contributed by atoms with Crippen LogP contribution in [0.2, 0.25) is 0 Å². The van der Waals surface area contributed by atoms with Crippen LogP contribution in [0, 0.1) is 12.7 Å². The molecular weight excluding hydrogens is 405 g/mol. The van der Waals surface area contributed by atoms with Gasteiger partial charge >= 0.3 is 0 Å². The molecule has 0 atom stereocenters. The van der Waals surface area contributed by atoms with Gasteiger partial charge in [-0.3, -0.25) is 4.57 Å². The van der Waals surface area contributed by atoms with Gasteiger partial charge in [-0.25, -0.2) is 19.3 Å². The zero-order valence-electron chi connectivity index (χ0n) is 18.0. The molecule has 2 aromatic carbocycles. The molecule has 0 saturated heterocycles. The molecule has 6 nitrogen and oxygen atoms in total. The van der Waals surface area contributed by atoms with Crippen molar-refractivity contribution in [1.29, 1.82) is 0 Å². The summed E-state index contributed by atoms with van der Waals surface area (Å²) in [6, 6.07) is 15.0. The predicted molar refractivity (Wildman–Crippen MR) is 123 cm³/mol. The lowest BCUT2D eigenvalue weighted by molar-refractivity contribution is 0.112. The molecule has 1 saturated carbocycles. The van der Waals surface area contributed by atoms with Crippen LogP contribution in [0.3, 0.4) is 0 Å². The fraction of sp³-hybridized carbons (Fsp3) is 0.320. The molecule has 1 aliphatic carbocycles. The standard InChI is InChI=1S/C25H26FN5O/c1-16-6-8-17(9-7-16)14-23-27-15-22-24(30-23)31(18-10-12-19(32)13-11-18)25(29-22)28-21-5-3-2-4-20(21)26/h2-9,15,18-19,32H,10-14H2,1H3,(H,28,29). The van der Waals surface area contributed by atoms with E-state index < -0.39 is 0 Å². The van der Waals surface area contributed by atoms with Crippen molar-refractivity contribution in [3.05, 3.63) is 77.5 Å². The summed E-state index contributed by atoms with van der Waals surface area (Å²) in [6.07, 6.45) is 5.19. The molecule has 5 rings (SSSR count). The molecule has 0 unspecified atom stereocenters. The molecule has 0 radical (unpaired) electrons. The first kappa shape index (κ1) is 20.6. The van der Waals surface area contributed by atoms with E-state index in [0.29, 0.717) is 23.6 Å². The van der Waals surface area contributed by atoms with E-state index in [1.807, 2.05) is 0 Å². The Bertz CT molecular complexity index is 1230. The Morgan fingerprint density at radius 3 is 2.53 bits per heavy atom. The lowest BCUT2D eigenvalue weighted by Crippen LogP contribution is -2.22. The van der Waals surface area contributed by atoms with Crippen LogP contribution in [-0.2, 0) is 6.42 Å². The number of aliphatic hydroxyl groups excluding tert-OH is 1. The SMILES string of the molecule is Cc1ccc(Cc2ncc3nc(Nc4ccccc4F)n(C4CCC(O)CC4)c3n2)cc1. The highest BCUT2D eigenvalue weighted by Gasteiger charge is 2.26. The van der Waals surface area contributed by atoms with E-state index >= 15 is 0 Å². The van der Waals surface area contributed by atoms with E-state index in [-0.39, 0.29) is 18.0 Å². The van der Waals surface area contributed by atoms with Crippen molar-refractivity contribution >= 4 is 22.8 Å². The van der Waals surface area contributed by atoms with Crippen molar-refractivity contribution in [2.45, 2.75) is 51.2 Å². The number of benzene rings is 2. The van der Waals surface area contributed by atoms with Gasteiger partial charge in [-0.15, -0.1) is 0 Å². The Hall–Kier alpha value is -3.32. The van der Waals surface area contributed by atoms with Gasteiger partial charge in [0.1, 0.15) is 17.2 Å². The third-order valence-corrected chi connectivity index (χ3v) is 6.12. The second-order valence-electron chi connectivity index (χ2n) is 8.53. The third-order valence-electron chi connectivity index (χ3n) is 6.12. The number of anilines is 2. The van der Waals surface area contributed by atoms with Gasteiger partial charge < -0.3 is 10.4 Å². The first-order chi connectivity index (χ1) is 15.6. The van der Waals surface area contributed by atoms with Crippen LogP contribution in [0.1, 0.15) is 48.7 Å². The Balaban J connectivity index is 1.55. The summed E-state index contributed by atoms with van der Waals surface area (Å²) >= 11 is 0. The molecule has 32 heavy (non-hydrogen) atoms. The Morgan fingerprint density at radius 1 is 1.03 bits per heavy atom. The van der Waals surface area contributed by atoms with Crippen LogP contribution in [0.15, 0.2) is 54.7 Å². The Labute approximate surface area is 186 Å². The average Bonchev–Trinajstić information content (AvgIpc) is 3.15. The van der Waals surface area contributed by atoms with E-state index in [1.165, 1.54) is 11.6 Å². The van der Waals surface area contributed by atoms with Crippen molar-refractivity contribution in [2.24, 2.45) is 0 Å². The third kappa shape index (κ3) is 4.21. The minimum atomic E-state index is -0.337. The monoisotopic (exact) mass is 431 g/mol. The molecule has 0 amide bonds. The van der Waals surface area contributed by atoms with Gasteiger partial charge in [0.25, 0.3) is 0 Å². The topological polar surface area (TPSA) is 75.9 Å². The molecule has 2 aromatic heterocycles. The minimum absolute atomic E-state index is 0.125. The number of hydrogen-bond acceptors (Lipinski definition) is 5. The maximum atomic E-state index is 14.3. The van der Waals surface area contributed by atoms with E-state index in [2.05, 4.69) is 46.1 Å².